The number of rotatable bonds is 4. The smallest absolute Gasteiger partial charge is 0.180 e. The maximum atomic E-state index is 10.1. The third-order valence-corrected chi connectivity index (χ3v) is 5.26. The molecule has 3 rings (SSSR count). The number of hydrogen-bond acceptors (Lipinski definition) is 5. The van der Waals surface area contributed by atoms with Gasteiger partial charge in [0.05, 0.1) is 11.2 Å². The van der Waals surface area contributed by atoms with E-state index in [4.69, 9.17) is 11.6 Å². The number of aliphatic hydroxyl groups excluding tert-OH is 1. The molecule has 0 aliphatic carbocycles. The van der Waals surface area contributed by atoms with Gasteiger partial charge in [-0.05, 0) is 47.0 Å². The van der Waals surface area contributed by atoms with Crippen LogP contribution in [0.2, 0.25) is 5.02 Å². The largest absolute Gasteiger partial charge is 0.385 e. The Labute approximate surface area is 152 Å². The van der Waals surface area contributed by atoms with Gasteiger partial charge in [0.1, 0.15) is 6.10 Å². The summed E-state index contributed by atoms with van der Waals surface area (Å²) < 4.78 is 4.05. The Morgan fingerprint density at radius 2 is 2.12 bits per heavy atom. The van der Waals surface area contributed by atoms with Crippen molar-refractivity contribution >= 4 is 27.5 Å². The molecule has 1 N–H and O–H groups in total. The Morgan fingerprint density at radius 3 is 2.71 bits per heavy atom. The molecular formula is C15H16BrClN6O. The molecule has 0 spiro atoms. The summed E-state index contributed by atoms with van der Waals surface area (Å²) in [6.45, 7) is 3.82. The summed E-state index contributed by atoms with van der Waals surface area (Å²) in [6, 6.07) is 3.77. The molecule has 0 saturated carbocycles. The lowest BCUT2D eigenvalue weighted by Crippen LogP contribution is -2.07. The highest BCUT2D eigenvalue weighted by molar-refractivity contribution is 9.10. The van der Waals surface area contributed by atoms with Crippen LogP contribution in [-0.2, 0) is 7.05 Å². The van der Waals surface area contributed by atoms with Gasteiger partial charge in [0.15, 0.2) is 17.5 Å². The van der Waals surface area contributed by atoms with Gasteiger partial charge >= 0.3 is 0 Å². The van der Waals surface area contributed by atoms with Crippen LogP contribution in [0.5, 0.6) is 0 Å². The van der Waals surface area contributed by atoms with Crippen LogP contribution in [0.4, 0.5) is 0 Å². The van der Waals surface area contributed by atoms with Crippen molar-refractivity contribution in [1.29, 1.82) is 0 Å². The van der Waals surface area contributed by atoms with Crippen molar-refractivity contribution in [3.05, 3.63) is 39.2 Å². The molecule has 9 heteroatoms. The Hall–Kier alpha value is -1.77. The van der Waals surface area contributed by atoms with Gasteiger partial charge in [-0.2, -0.15) is 4.68 Å². The van der Waals surface area contributed by atoms with Gasteiger partial charge in [-0.25, -0.2) is 9.67 Å². The summed E-state index contributed by atoms with van der Waals surface area (Å²) in [4.78, 5) is 4.52. The number of aromatic nitrogens is 6. The summed E-state index contributed by atoms with van der Waals surface area (Å²) in [7, 11) is 1.77. The lowest BCUT2D eigenvalue weighted by molar-refractivity contribution is 0.163. The van der Waals surface area contributed by atoms with Gasteiger partial charge in [-0.1, -0.05) is 23.7 Å². The van der Waals surface area contributed by atoms with Gasteiger partial charge in [0.2, 0.25) is 0 Å². The lowest BCUT2D eigenvalue weighted by Gasteiger charge is -2.08. The number of benzene rings is 1. The van der Waals surface area contributed by atoms with Crippen LogP contribution in [0.3, 0.4) is 0 Å². The molecule has 0 aliphatic rings. The monoisotopic (exact) mass is 410 g/mol. The van der Waals surface area contributed by atoms with Gasteiger partial charge in [0.25, 0.3) is 0 Å². The minimum absolute atomic E-state index is 0.352. The maximum Gasteiger partial charge on any atom is 0.180 e. The Balaban J connectivity index is 2.23. The molecule has 0 amide bonds. The Morgan fingerprint density at radius 1 is 1.38 bits per heavy atom. The van der Waals surface area contributed by atoms with E-state index in [1.807, 2.05) is 26.0 Å². The molecule has 3 aromatic rings. The van der Waals surface area contributed by atoms with Crippen LogP contribution in [-0.4, -0.2) is 34.9 Å². The molecule has 24 heavy (non-hydrogen) atoms. The highest BCUT2D eigenvalue weighted by Gasteiger charge is 2.21. The Kier molecular flexibility index (Phi) is 4.71. The third-order valence-electron chi connectivity index (χ3n) is 3.68. The Bertz CT molecular complexity index is 867. The van der Waals surface area contributed by atoms with Crippen molar-refractivity contribution in [3.63, 3.8) is 0 Å². The molecule has 0 fully saturated rings. The van der Waals surface area contributed by atoms with Crippen LogP contribution >= 0.6 is 27.5 Å². The van der Waals surface area contributed by atoms with E-state index in [0.29, 0.717) is 28.9 Å². The fraction of sp³-hybridized carbons (Fsp3) is 0.333. The first kappa shape index (κ1) is 17.1. The first-order valence-electron chi connectivity index (χ1n) is 7.38. The third kappa shape index (κ3) is 2.97. The van der Waals surface area contributed by atoms with Crippen molar-refractivity contribution in [3.8, 4) is 17.2 Å². The minimum atomic E-state index is -0.738. The molecule has 126 valence electrons. The first-order valence-corrected chi connectivity index (χ1v) is 8.55. The van der Waals surface area contributed by atoms with Gasteiger partial charge < -0.3 is 5.11 Å². The zero-order chi connectivity index (χ0) is 17.4. The van der Waals surface area contributed by atoms with Crippen LogP contribution in [0.15, 0.2) is 22.8 Å². The van der Waals surface area contributed by atoms with E-state index in [9.17, 15) is 5.11 Å². The van der Waals surface area contributed by atoms with Gasteiger partial charge in [0, 0.05) is 17.1 Å². The number of nitrogens with zero attached hydrogens (tertiary/aromatic N) is 6. The van der Waals surface area contributed by atoms with E-state index < -0.39 is 6.10 Å². The lowest BCUT2D eigenvalue weighted by atomic mass is 10.1. The molecule has 2 heterocycles. The minimum Gasteiger partial charge on any atom is -0.385 e. The van der Waals surface area contributed by atoms with Crippen molar-refractivity contribution in [1.82, 2.24) is 29.8 Å². The van der Waals surface area contributed by atoms with Crippen molar-refractivity contribution in [2.24, 2.45) is 7.05 Å². The summed E-state index contributed by atoms with van der Waals surface area (Å²) >= 11 is 9.75. The molecule has 0 saturated heterocycles. The highest BCUT2D eigenvalue weighted by Crippen LogP contribution is 2.32. The molecule has 0 bridgehead atoms. The summed E-state index contributed by atoms with van der Waals surface area (Å²) in [5, 5.41) is 23.0. The number of aryl methyl sites for hydroxylation is 2. The maximum absolute atomic E-state index is 10.1. The first-order chi connectivity index (χ1) is 11.4. The van der Waals surface area contributed by atoms with Gasteiger partial charge in [-0.15, -0.1) is 10.2 Å². The molecule has 0 radical (unpaired) electrons. The molecule has 2 aromatic heterocycles. The van der Waals surface area contributed by atoms with E-state index in [2.05, 4.69) is 36.3 Å². The highest BCUT2D eigenvalue weighted by atomic mass is 79.9. The van der Waals surface area contributed by atoms with E-state index in [-0.39, 0.29) is 0 Å². The van der Waals surface area contributed by atoms with E-state index in [1.165, 1.54) is 0 Å². The normalized spacial score (nSPS) is 12.6. The van der Waals surface area contributed by atoms with Crippen molar-refractivity contribution in [2.75, 3.05) is 0 Å². The van der Waals surface area contributed by atoms with Crippen molar-refractivity contribution in [2.45, 2.75) is 26.4 Å². The molecular weight excluding hydrogens is 396 g/mol. The van der Waals surface area contributed by atoms with Crippen LogP contribution < -0.4 is 0 Å². The quantitative estimate of drug-likeness (QED) is 0.713. The standard InChI is InChI=1S/C15H16BrClN6O/c1-4-11(24)14-19-15(9-5-8(2)13(16)10(17)6-9)23(20-14)12-7-18-21-22(12)3/h5-7,11,24H,4H2,1-3H3. The number of aliphatic hydroxyl groups is 1. The number of hydrogen-bond donors (Lipinski definition) is 1. The van der Waals surface area contributed by atoms with Crippen molar-refractivity contribution < 1.29 is 5.11 Å². The van der Waals surface area contributed by atoms with E-state index in [0.717, 1.165) is 15.6 Å². The summed E-state index contributed by atoms with van der Waals surface area (Å²) in [5.41, 5.74) is 1.77. The van der Waals surface area contributed by atoms with Crippen LogP contribution in [0, 0.1) is 6.92 Å². The van der Waals surface area contributed by atoms with E-state index in [1.54, 1.807) is 22.6 Å². The van der Waals surface area contributed by atoms with Crippen LogP contribution in [0.25, 0.3) is 17.2 Å². The molecule has 7 nitrogen and oxygen atoms in total. The second-order valence-electron chi connectivity index (χ2n) is 5.43. The average molecular weight is 412 g/mol. The molecule has 1 unspecified atom stereocenters. The topological polar surface area (TPSA) is 81.7 Å². The SMILES string of the molecule is CCC(O)c1nc(-c2cc(C)c(Br)c(Cl)c2)n(-c2cnnn2C)n1. The fourth-order valence-corrected chi connectivity index (χ4v) is 2.83. The molecule has 1 aromatic carbocycles. The van der Waals surface area contributed by atoms with E-state index >= 15 is 0 Å². The molecule has 0 aliphatic heterocycles. The van der Waals surface area contributed by atoms with Crippen LogP contribution in [0.1, 0.15) is 30.8 Å². The zero-order valence-corrected chi connectivity index (χ0v) is 15.7. The summed E-state index contributed by atoms with van der Waals surface area (Å²) in [5.74, 6) is 1.56. The van der Waals surface area contributed by atoms with Gasteiger partial charge in [-0.3, -0.25) is 0 Å². The second-order valence-corrected chi connectivity index (χ2v) is 6.63. The predicted octanol–water partition coefficient (Wildman–Crippen LogP) is 3.23. The summed E-state index contributed by atoms with van der Waals surface area (Å²) in [6.07, 6.45) is 1.37. The molecule has 1 atom stereocenters. The number of halogens is 2. The second kappa shape index (κ2) is 6.62. The zero-order valence-electron chi connectivity index (χ0n) is 13.4. The average Bonchev–Trinajstić information content (AvgIpc) is 3.17. The predicted molar refractivity (Wildman–Crippen MR) is 94.1 cm³/mol. The fourth-order valence-electron chi connectivity index (χ4n) is 2.33.